The van der Waals surface area contributed by atoms with Crippen LogP contribution in [0.5, 0.6) is 0 Å². The van der Waals surface area contributed by atoms with E-state index in [1.54, 1.807) is 0 Å². The number of ether oxygens (including phenoxy) is 2. The van der Waals surface area contributed by atoms with Gasteiger partial charge in [0.2, 0.25) is 0 Å². The molecule has 1 heterocycles. The van der Waals surface area contributed by atoms with E-state index in [9.17, 15) is 15.3 Å². The quantitative estimate of drug-likeness (QED) is 0.468. The molecule has 6 fully saturated rings. The lowest BCUT2D eigenvalue weighted by Gasteiger charge is -2.63. The van der Waals surface area contributed by atoms with Crippen LogP contribution in [-0.4, -0.2) is 58.0 Å². The SMILES string of the molecule is CCOC(C)(C)[C@H](O)C1C[C@@H](C)C2C(O1)[C@H](O)[C@@]1(C)[C@@H]3CC[C@H]4C(C)(C)[C@@H](O)CCC45C[C@@]35CC[C@]21C. The smallest absolute Gasteiger partial charge is 0.108 e. The summed E-state index contributed by atoms with van der Waals surface area (Å²) in [6.07, 6.45) is 6.93. The first-order valence-electron chi connectivity index (χ1n) is 15.5. The van der Waals surface area contributed by atoms with Gasteiger partial charge < -0.3 is 24.8 Å². The highest BCUT2D eigenvalue weighted by molar-refractivity contribution is 5.32. The Labute approximate surface area is 225 Å². The zero-order chi connectivity index (χ0) is 27.0. The van der Waals surface area contributed by atoms with Crippen molar-refractivity contribution in [3.63, 3.8) is 0 Å². The van der Waals surface area contributed by atoms with Crippen molar-refractivity contribution in [2.45, 2.75) is 143 Å². The van der Waals surface area contributed by atoms with Crippen LogP contribution in [0.3, 0.4) is 0 Å². The molecule has 0 bridgehead atoms. The maximum Gasteiger partial charge on any atom is 0.108 e. The predicted octanol–water partition coefficient (Wildman–Crippen LogP) is 5.34. The lowest BCUT2D eigenvalue weighted by atomic mass is 9.41. The first-order chi connectivity index (χ1) is 17.1. The summed E-state index contributed by atoms with van der Waals surface area (Å²) < 4.78 is 12.7. The Kier molecular flexibility index (Phi) is 5.81. The summed E-state index contributed by atoms with van der Waals surface area (Å²) >= 11 is 0. The topological polar surface area (TPSA) is 79.2 Å². The van der Waals surface area contributed by atoms with Gasteiger partial charge in [-0.25, -0.2) is 0 Å². The third-order valence-electron chi connectivity index (χ3n) is 14.4. The number of hydrogen-bond donors (Lipinski definition) is 3. The van der Waals surface area contributed by atoms with Gasteiger partial charge in [-0.15, -0.1) is 0 Å². The molecule has 1 aliphatic heterocycles. The van der Waals surface area contributed by atoms with Gasteiger partial charge in [-0.3, -0.25) is 0 Å². The van der Waals surface area contributed by atoms with Crippen LogP contribution < -0.4 is 0 Å². The van der Waals surface area contributed by atoms with Gasteiger partial charge in [0.1, 0.15) is 6.10 Å². The van der Waals surface area contributed by atoms with E-state index in [0.29, 0.717) is 41.1 Å². The minimum Gasteiger partial charge on any atom is -0.393 e. The highest BCUT2D eigenvalue weighted by Crippen LogP contribution is 2.89. The fraction of sp³-hybridized carbons (Fsp3) is 1.00. The average Bonchev–Trinajstić information content (AvgIpc) is 3.46. The van der Waals surface area contributed by atoms with Gasteiger partial charge in [0, 0.05) is 12.0 Å². The minimum atomic E-state index is -0.726. The van der Waals surface area contributed by atoms with Crippen LogP contribution in [0.2, 0.25) is 0 Å². The van der Waals surface area contributed by atoms with E-state index in [4.69, 9.17) is 9.47 Å². The van der Waals surface area contributed by atoms with Crippen LogP contribution in [-0.2, 0) is 9.47 Å². The van der Waals surface area contributed by atoms with Gasteiger partial charge in [0.15, 0.2) is 0 Å². The van der Waals surface area contributed by atoms with Gasteiger partial charge in [0.25, 0.3) is 0 Å². The summed E-state index contributed by atoms with van der Waals surface area (Å²) in [6, 6.07) is 0. The Morgan fingerprint density at radius 1 is 0.973 bits per heavy atom. The van der Waals surface area contributed by atoms with Crippen molar-refractivity contribution in [1.29, 1.82) is 0 Å². The Morgan fingerprint density at radius 3 is 2.30 bits per heavy atom. The molecule has 1 saturated heterocycles. The zero-order valence-corrected chi connectivity index (χ0v) is 24.7. The van der Waals surface area contributed by atoms with Crippen molar-refractivity contribution < 1.29 is 24.8 Å². The lowest BCUT2D eigenvalue weighted by Crippen LogP contribution is -2.59. The van der Waals surface area contributed by atoms with Crippen LogP contribution in [0.25, 0.3) is 0 Å². The summed E-state index contributed by atoms with van der Waals surface area (Å²) in [4.78, 5) is 0. The summed E-state index contributed by atoms with van der Waals surface area (Å²) in [5.41, 5.74) is -0.211. The molecular weight excluding hydrogens is 464 g/mol. The highest BCUT2D eigenvalue weighted by atomic mass is 16.5. The van der Waals surface area contributed by atoms with Gasteiger partial charge in [-0.05, 0) is 117 Å². The predicted molar refractivity (Wildman–Crippen MR) is 144 cm³/mol. The molecule has 0 amide bonds. The van der Waals surface area contributed by atoms with Crippen LogP contribution in [0.15, 0.2) is 0 Å². The number of fused-ring (bicyclic) bond motifs is 4. The molecule has 13 atom stereocenters. The van der Waals surface area contributed by atoms with Crippen molar-refractivity contribution in [2.75, 3.05) is 6.61 Å². The lowest BCUT2D eigenvalue weighted by molar-refractivity contribution is -0.211. The molecule has 0 radical (unpaired) electrons. The second-order valence-electron chi connectivity index (χ2n) is 16.1. The Morgan fingerprint density at radius 2 is 1.62 bits per heavy atom. The average molecular weight is 519 g/mol. The van der Waals surface area contributed by atoms with E-state index in [1.165, 1.54) is 19.3 Å². The Hall–Kier alpha value is -0.200. The maximum atomic E-state index is 12.3. The zero-order valence-electron chi connectivity index (χ0n) is 24.7. The fourth-order valence-corrected chi connectivity index (χ4v) is 12.4. The van der Waals surface area contributed by atoms with Crippen LogP contribution in [0.4, 0.5) is 0 Å². The number of hydrogen-bond acceptors (Lipinski definition) is 5. The van der Waals surface area contributed by atoms with E-state index in [-0.39, 0.29) is 34.6 Å². The van der Waals surface area contributed by atoms with Crippen molar-refractivity contribution >= 4 is 0 Å². The van der Waals surface area contributed by atoms with E-state index >= 15 is 0 Å². The van der Waals surface area contributed by atoms with Crippen LogP contribution in [0.1, 0.15) is 107 Å². The first kappa shape index (κ1) is 27.0. The van der Waals surface area contributed by atoms with Crippen LogP contribution >= 0.6 is 0 Å². The highest BCUT2D eigenvalue weighted by Gasteiger charge is 2.84. The second-order valence-corrected chi connectivity index (χ2v) is 16.1. The summed E-state index contributed by atoms with van der Waals surface area (Å²) in [5.74, 6) is 1.77. The number of aliphatic hydroxyl groups excluding tert-OH is 3. The summed E-state index contributed by atoms with van der Waals surface area (Å²) in [7, 11) is 0. The summed E-state index contributed by atoms with van der Waals surface area (Å²) in [5, 5.41) is 34.6. The van der Waals surface area contributed by atoms with Gasteiger partial charge in [0.05, 0.1) is 30.0 Å². The van der Waals surface area contributed by atoms with Crippen molar-refractivity contribution in [3.8, 4) is 0 Å². The van der Waals surface area contributed by atoms with E-state index < -0.39 is 17.8 Å². The first-order valence-corrected chi connectivity index (χ1v) is 15.5. The van der Waals surface area contributed by atoms with Crippen molar-refractivity contribution in [2.24, 2.45) is 50.7 Å². The van der Waals surface area contributed by atoms with Crippen LogP contribution in [0, 0.1) is 50.7 Å². The normalized spacial score (nSPS) is 56.8. The fourth-order valence-electron chi connectivity index (χ4n) is 12.4. The molecule has 6 rings (SSSR count). The molecule has 6 aliphatic rings. The third-order valence-corrected chi connectivity index (χ3v) is 14.4. The van der Waals surface area contributed by atoms with E-state index in [2.05, 4.69) is 34.6 Å². The van der Waals surface area contributed by atoms with Crippen molar-refractivity contribution in [1.82, 2.24) is 0 Å². The molecule has 0 aromatic carbocycles. The second kappa shape index (κ2) is 7.96. The molecule has 4 unspecified atom stereocenters. The standard InChI is InChI=1S/C32H54O5/c1-9-36-28(5,6)25(34)19-16-18(2)23-24(37-19)26(35)30(8)21-11-10-20-27(3,4)22(33)12-13-31(20)17-32(21,31)15-14-29(23,30)7/h18-26,33-35H,9-17H2,1-8H3/t18-,19?,20+,21+,22+,23?,24?,25-,26+,29-,30-,31?,32+/m1/s1. The molecule has 0 aromatic heterocycles. The molecule has 3 N–H and O–H groups in total. The Balaban J connectivity index is 1.33. The third kappa shape index (κ3) is 3.05. The van der Waals surface area contributed by atoms with E-state index in [1.807, 2.05) is 20.8 Å². The number of rotatable bonds is 4. The molecule has 5 saturated carbocycles. The Bertz CT molecular complexity index is 932. The molecule has 2 spiro atoms. The summed E-state index contributed by atoms with van der Waals surface area (Å²) in [6.45, 7) is 18.3. The molecular formula is C32H54O5. The molecule has 5 aliphatic carbocycles. The van der Waals surface area contributed by atoms with E-state index in [0.717, 1.165) is 32.1 Å². The maximum absolute atomic E-state index is 12.3. The molecule has 5 heteroatoms. The minimum absolute atomic E-state index is 0.0228. The molecule has 5 nitrogen and oxygen atoms in total. The largest absolute Gasteiger partial charge is 0.393 e. The van der Waals surface area contributed by atoms with Gasteiger partial charge >= 0.3 is 0 Å². The molecule has 212 valence electrons. The molecule has 0 aromatic rings. The molecule has 37 heavy (non-hydrogen) atoms. The van der Waals surface area contributed by atoms with Gasteiger partial charge in [-0.1, -0.05) is 34.6 Å². The van der Waals surface area contributed by atoms with Gasteiger partial charge in [-0.2, -0.15) is 0 Å². The monoisotopic (exact) mass is 518 g/mol. The number of aliphatic hydroxyl groups is 3. The van der Waals surface area contributed by atoms with Crippen molar-refractivity contribution in [3.05, 3.63) is 0 Å².